The van der Waals surface area contributed by atoms with Crippen molar-refractivity contribution in [1.29, 1.82) is 0 Å². The second-order valence-corrected chi connectivity index (χ2v) is 5.70. The largest absolute Gasteiger partial charge is 0.468 e. The van der Waals surface area contributed by atoms with Crippen molar-refractivity contribution in [2.45, 2.75) is 57.9 Å². The van der Waals surface area contributed by atoms with Crippen LogP contribution in [0.4, 0.5) is 0 Å². The third-order valence-corrected chi connectivity index (χ3v) is 4.51. The van der Waals surface area contributed by atoms with Crippen LogP contribution in [0.5, 0.6) is 0 Å². The zero-order chi connectivity index (χ0) is 14.3. The topological polar surface area (TPSA) is 55.6 Å². The number of carbonyl (C=O) groups is 1. The van der Waals surface area contributed by atoms with E-state index in [1.807, 2.05) is 0 Å². The number of esters is 1. The van der Waals surface area contributed by atoms with Gasteiger partial charge in [0.2, 0.25) is 0 Å². The monoisotopic (exact) mass is 270 g/mol. The molecule has 0 bridgehead atoms. The van der Waals surface area contributed by atoms with Gasteiger partial charge >= 0.3 is 5.97 Å². The van der Waals surface area contributed by atoms with Crippen molar-refractivity contribution in [3.05, 3.63) is 0 Å². The molecule has 1 rings (SSSR count). The van der Waals surface area contributed by atoms with E-state index in [2.05, 4.69) is 18.7 Å². The Morgan fingerprint density at radius 1 is 1.42 bits per heavy atom. The molecule has 112 valence electrons. The summed E-state index contributed by atoms with van der Waals surface area (Å²) >= 11 is 0. The highest BCUT2D eigenvalue weighted by Crippen LogP contribution is 2.37. The number of hydrogen-bond donors (Lipinski definition) is 1. The number of nitrogens with zero attached hydrogens (tertiary/aromatic N) is 1. The molecule has 0 aromatic heterocycles. The number of ether oxygens (including phenoxy) is 1. The molecule has 1 saturated carbocycles. The highest BCUT2D eigenvalue weighted by Gasteiger charge is 2.46. The summed E-state index contributed by atoms with van der Waals surface area (Å²) in [4.78, 5) is 14.3. The molecule has 2 N–H and O–H groups in total. The molecule has 1 aliphatic rings. The van der Waals surface area contributed by atoms with Crippen LogP contribution in [0.3, 0.4) is 0 Å². The SMILES string of the molecule is CCCCN(CC)CCC1CCCC1(N)C(=O)OC. The fourth-order valence-electron chi connectivity index (χ4n) is 3.11. The predicted molar refractivity (Wildman–Crippen MR) is 77.9 cm³/mol. The maximum absolute atomic E-state index is 11.9. The van der Waals surface area contributed by atoms with Crippen LogP contribution in [-0.4, -0.2) is 43.2 Å². The van der Waals surface area contributed by atoms with Crippen LogP contribution in [0.25, 0.3) is 0 Å². The first kappa shape index (κ1) is 16.4. The lowest BCUT2D eigenvalue weighted by Crippen LogP contribution is -2.52. The van der Waals surface area contributed by atoms with E-state index in [1.54, 1.807) is 0 Å². The minimum absolute atomic E-state index is 0.230. The van der Waals surface area contributed by atoms with Gasteiger partial charge in [-0.25, -0.2) is 0 Å². The van der Waals surface area contributed by atoms with Gasteiger partial charge in [0, 0.05) is 0 Å². The Morgan fingerprint density at radius 2 is 2.16 bits per heavy atom. The molecule has 2 atom stereocenters. The summed E-state index contributed by atoms with van der Waals surface area (Å²) in [5.74, 6) is 0.0437. The van der Waals surface area contributed by atoms with Gasteiger partial charge in [-0.05, 0) is 51.2 Å². The summed E-state index contributed by atoms with van der Waals surface area (Å²) < 4.78 is 4.89. The van der Waals surface area contributed by atoms with E-state index in [9.17, 15) is 4.79 Å². The predicted octanol–water partition coefficient (Wildman–Crippen LogP) is 2.17. The Morgan fingerprint density at radius 3 is 2.74 bits per heavy atom. The summed E-state index contributed by atoms with van der Waals surface area (Å²) in [7, 11) is 1.44. The molecule has 19 heavy (non-hydrogen) atoms. The van der Waals surface area contributed by atoms with E-state index < -0.39 is 5.54 Å². The average molecular weight is 270 g/mol. The van der Waals surface area contributed by atoms with E-state index in [4.69, 9.17) is 10.5 Å². The zero-order valence-electron chi connectivity index (χ0n) is 12.8. The summed E-state index contributed by atoms with van der Waals surface area (Å²) in [6.07, 6.45) is 6.33. The highest BCUT2D eigenvalue weighted by molar-refractivity contribution is 5.81. The first-order chi connectivity index (χ1) is 9.08. The molecular weight excluding hydrogens is 240 g/mol. The number of methoxy groups -OCH3 is 1. The Hall–Kier alpha value is -0.610. The number of nitrogens with two attached hydrogens (primary N) is 1. The van der Waals surface area contributed by atoms with Gasteiger partial charge < -0.3 is 15.4 Å². The molecule has 1 fully saturated rings. The molecular formula is C15H30N2O2. The van der Waals surface area contributed by atoms with Crippen LogP contribution >= 0.6 is 0 Å². The van der Waals surface area contributed by atoms with E-state index in [-0.39, 0.29) is 11.9 Å². The fraction of sp³-hybridized carbons (Fsp3) is 0.933. The molecule has 0 aromatic carbocycles. The maximum Gasteiger partial charge on any atom is 0.326 e. The molecule has 0 aliphatic heterocycles. The average Bonchev–Trinajstić information content (AvgIpc) is 2.80. The first-order valence-electron chi connectivity index (χ1n) is 7.68. The smallest absolute Gasteiger partial charge is 0.326 e. The van der Waals surface area contributed by atoms with Crippen LogP contribution in [0.2, 0.25) is 0 Å². The minimum Gasteiger partial charge on any atom is -0.468 e. The van der Waals surface area contributed by atoms with Crippen LogP contribution in [0.1, 0.15) is 52.4 Å². The van der Waals surface area contributed by atoms with Gasteiger partial charge in [0.05, 0.1) is 7.11 Å². The third-order valence-electron chi connectivity index (χ3n) is 4.51. The Labute approximate surface area is 117 Å². The van der Waals surface area contributed by atoms with Gasteiger partial charge in [0.1, 0.15) is 5.54 Å². The van der Waals surface area contributed by atoms with Gasteiger partial charge in [-0.3, -0.25) is 4.79 Å². The first-order valence-corrected chi connectivity index (χ1v) is 7.68. The summed E-state index contributed by atoms with van der Waals surface area (Å²) in [6, 6.07) is 0. The number of hydrogen-bond acceptors (Lipinski definition) is 4. The highest BCUT2D eigenvalue weighted by atomic mass is 16.5. The zero-order valence-corrected chi connectivity index (χ0v) is 12.8. The van der Waals surface area contributed by atoms with Crippen molar-refractivity contribution in [2.24, 2.45) is 11.7 Å². The molecule has 0 heterocycles. The molecule has 0 saturated heterocycles. The number of unbranched alkanes of at least 4 members (excludes halogenated alkanes) is 1. The van der Waals surface area contributed by atoms with Gasteiger partial charge in [0.15, 0.2) is 0 Å². The fourth-order valence-corrected chi connectivity index (χ4v) is 3.11. The molecule has 2 unspecified atom stereocenters. The van der Waals surface area contributed by atoms with Gasteiger partial charge in [0.25, 0.3) is 0 Å². The van der Waals surface area contributed by atoms with Crippen molar-refractivity contribution >= 4 is 5.97 Å². The maximum atomic E-state index is 11.9. The Kier molecular flexibility index (Phi) is 6.80. The van der Waals surface area contributed by atoms with E-state index >= 15 is 0 Å². The van der Waals surface area contributed by atoms with E-state index in [0.717, 1.165) is 45.3 Å². The van der Waals surface area contributed by atoms with Crippen molar-refractivity contribution in [2.75, 3.05) is 26.7 Å². The van der Waals surface area contributed by atoms with Crippen molar-refractivity contribution in [3.8, 4) is 0 Å². The number of carbonyl (C=O) groups excluding carboxylic acids is 1. The van der Waals surface area contributed by atoms with Crippen molar-refractivity contribution in [1.82, 2.24) is 4.90 Å². The van der Waals surface area contributed by atoms with Crippen LogP contribution in [0, 0.1) is 5.92 Å². The van der Waals surface area contributed by atoms with Crippen LogP contribution in [-0.2, 0) is 9.53 Å². The van der Waals surface area contributed by atoms with Gasteiger partial charge in [-0.2, -0.15) is 0 Å². The van der Waals surface area contributed by atoms with Crippen molar-refractivity contribution < 1.29 is 9.53 Å². The van der Waals surface area contributed by atoms with Crippen LogP contribution in [0.15, 0.2) is 0 Å². The second kappa shape index (κ2) is 7.85. The van der Waals surface area contributed by atoms with E-state index in [0.29, 0.717) is 0 Å². The summed E-state index contributed by atoms with van der Waals surface area (Å²) in [5.41, 5.74) is 5.55. The summed E-state index contributed by atoms with van der Waals surface area (Å²) in [6.45, 7) is 7.67. The Balaban J connectivity index is 2.48. The normalized spacial score (nSPS) is 26.9. The lowest BCUT2D eigenvalue weighted by atomic mass is 9.85. The van der Waals surface area contributed by atoms with E-state index in [1.165, 1.54) is 20.0 Å². The standard InChI is InChI=1S/C15H30N2O2/c1-4-6-11-17(5-2)12-9-13-8-7-10-15(13,16)14(18)19-3/h13H,4-12,16H2,1-3H3. The third kappa shape index (κ3) is 4.18. The van der Waals surface area contributed by atoms with Crippen molar-refractivity contribution in [3.63, 3.8) is 0 Å². The van der Waals surface area contributed by atoms with Gasteiger partial charge in [-0.15, -0.1) is 0 Å². The van der Waals surface area contributed by atoms with Gasteiger partial charge in [-0.1, -0.05) is 26.7 Å². The molecule has 1 aliphatic carbocycles. The quantitative estimate of drug-likeness (QED) is 0.687. The molecule has 0 spiro atoms. The Bertz CT molecular complexity index is 283. The molecule has 0 aromatic rings. The molecule has 4 nitrogen and oxygen atoms in total. The second-order valence-electron chi connectivity index (χ2n) is 5.70. The minimum atomic E-state index is -0.737. The lowest BCUT2D eigenvalue weighted by molar-refractivity contribution is -0.148. The molecule has 0 radical (unpaired) electrons. The molecule has 4 heteroatoms. The lowest BCUT2D eigenvalue weighted by Gasteiger charge is -2.30. The number of rotatable bonds is 8. The molecule has 0 amide bonds. The van der Waals surface area contributed by atoms with Crippen LogP contribution < -0.4 is 5.73 Å². The summed E-state index contributed by atoms with van der Waals surface area (Å²) in [5, 5.41) is 0.